The fourth-order valence-electron chi connectivity index (χ4n) is 2.09. The van der Waals surface area contributed by atoms with E-state index in [4.69, 9.17) is 10.5 Å². The zero-order valence-electron chi connectivity index (χ0n) is 10.4. The number of carbonyl (C=O) groups is 1. The summed E-state index contributed by atoms with van der Waals surface area (Å²) in [6, 6.07) is 7.07. The van der Waals surface area contributed by atoms with Gasteiger partial charge in [0.15, 0.2) is 0 Å². The van der Waals surface area contributed by atoms with Crippen LogP contribution in [0, 0.1) is 0 Å². The minimum Gasteiger partial charge on any atom is -0.389 e. The van der Waals surface area contributed by atoms with Crippen LogP contribution in [0.4, 0.5) is 5.69 Å². The molecule has 1 aliphatic heterocycles. The van der Waals surface area contributed by atoms with Gasteiger partial charge in [-0.05, 0) is 24.6 Å². The second kappa shape index (κ2) is 5.37. The van der Waals surface area contributed by atoms with E-state index >= 15 is 0 Å². The molecule has 2 atom stereocenters. The number of nitrogens with two attached hydrogens (primary N) is 1. The molecule has 2 unspecified atom stereocenters. The van der Waals surface area contributed by atoms with Gasteiger partial charge in [0.1, 0.15) is 6.04 Å². The van der Waals surface area contributed by atoms with E-state index in [0.29, 0.717) is 19.8 Å². The number of benzene rings is 1. The topological polar surface area (TPSA) is 75.8 Å². The van der Waals surface area contributed by atoms with Gasteiger partial charge in [-0.15, -0.1) is 0 Å². The lowest BCUT2D eigenvalue weighted by Gasteiger charge is -2.35. The Kier molecular flexibility index (Phi) is 3.84. The Morgan fingerprint density at radius 1 is 1.50 bits per heavy atom. The fraction of sp³-hybridized carbons (Fsp3) is 0.462. The summed E-state index contributed by atoms with van der Waals surface area (Å²) in [5, 5.41) is 9.46. The average Bonchev–Trinajstić information content (AvgIpc) is 2.39. The first-order valence-corrected chi connectivity index (χ1v) is 6.01. The predicted octanol–water partition coefficient (Wildman–Crippen LogP) is 0.430. The molecular formula is C13H18N2O3. The molecular weight excluding hydrogens is 232 g/mol. The van der Waals surface area contributed by atoms with Crippen LogP contribution in [0.2, 0.25) is 0 Å². The second-order valence-electron chi connectivity index (χ2n) is 4.45. The van der Waals surface area contributed by atoms with Crippen LogP contribution in [-0.4, -0.2) is 36.8 Å². The molecule has 0 spiro atoms. The fourth-order valence-corrected chi connectivity index (χ4v) is 2.09. The summed E-state index contributed by atoms with van der Waals surface area (Å²) >= 11 is 0. The van der Waals surface area contributed by atoms with Gasteiger partial charge in [0.2, 0.25) is 5.91 Å². The summed E-state index contributed by atoms with van der Waals surface area (Å²) in [6.45, 7) is 3.27. The van der Waals surface area contributed by atoms with Gasteiger partial charge >= 0.3 is 0 Å². The monoisotopic (exact) mass is 250 g/mol. The lowest BCUT2D eigenvalue weighted by atomic mass is 10.1. The molecule has 98 valence electrons. The van der Waals surface area contributed by atoms with Gasteiger partial charge in [-0.25, -0.2) is 0 Å². The number of aliphatic hydroxyl groups excluding tert-OH is 1. The first kappa shape index (κ1) is 12.9. The van der Waals surface area contributed by atoms with Gasteiger partial charge in [0.25, 0.3) is 0 Å². The van der Waals surface area contributed by atoms with E-state index in [1.807, 2.05) is 29.2 Å². The van der Waals surface area contributed by atoms with Crippen molar-refractivity contribution in [1.82, 2.24) is 0 Å². The average molecular weight is 250 g/mol. The highest BCUT2D eigenvalue weighted by Crippen LogP contribution is 2.22. The second-order valence-corrected chi connectivity index (χ2v) is 4.45. The van der Waals surface area contributed by atoms with Crippen molar-refractivity contribution >= 4 is 11.6 Å². The number of ether oxygens (including phenoxy) is 1. The number of rotatable bonds is 3. The van der Waals surface area contributed by atoms with Crippen molar-refractivity contribution in [3.8, 4) is 0 Å². The molecule has 1 fully saturated rings. The molecule has 1 saturated heterocycles. The Hall–Kier alpha value is -1.59. The van der Waals surface area contributed by atoms with E-state index in [1.54, 1.807) is 6.92 Å². The van der Waals surface area contributed by atoms with E-state index in [9.17, 15) is 9.90 Å². The molecule has 1 heterocycles. The molecule has 1 aromatic carbocycles. The summed E-state index contributed by atoms with van der Waals surface area (Å²) in [7, 11) is 0. The first-order chi connectivity index (χ1) is 8.59. The highest BCUT2D eigenvalue weighted by molar-refractivity contribution is 5.84. The van der Waals surface area contributed by atoms with Crippen molar-refractivity contribution in [2.45, 2.75) is 19.1 Å². The van der Waals surface area contributed by atoms with Crippen LogP contribution >= 0.6 is 0 Å². The van der Waals surface area contributed by atoms with E-state index in [0.717, 1.165) is 11.3 Å². The van der Waals surface area contributed by atoms with Crippen LogP contribution in [0.5, 0.6) is 0 Å². The van der Waals surface area contributed by atoms with Crippen molar-refractivity contribution in [1.29, 1.82) is 0 Å². The molecule has 1 aromatic rings. The molecule has 0 saturated carbocycles. The number of amides is 1. The van der Waals surface area contributed by atoms with Crippen molar-refractivity contribution < 1.29 is 14.6 Å². The smallest absolute Gasteiger partial charge is 0.242 e. The summed E-state index contributed by atoms with van der Waals surface area (Å²) < 4.78 is 5.27. The highest BCUT2D eigenvalue weighted by atomic mass is 16.5. The molecule has 3 N–H and O–H groups in total. The first-order valence-electron chi connectivity index (χ1n) is 6.01. The zero-order chi connectivity index (χ0) is 13.1. The summed E-state index contributed by atoms with van der Waals surface area (Å²) in [5.41, 5.74) is 7.14. The molecule has 1 amide bonds. The van der Waals surface area contributed by atoms with Crippen molar-refractivity contribution in [2.24, 2.45) is 5.73 Å². The van der Waals surface area contributed by atoms with Crippen LogP contribution in [-0.2, 0) is 9.53 Å². The van der Waals surface area contributed by atoms with Gasteiger partial charge in [-0.3, -0.25) is 4.79 Å². The van der Waals surface area contributed by atoms with Crippen LogP contribution in [0.25, 0.3) is 0 Å². The number of nitrogens with zero attached hydrogens (tertiary/aromatic N) is 1. The quantitative estimate of drug-likeness (QED) is 0.815. The lowest BCUT2D eigenvalue weighted by Crippen LogP contribution is -2.52. The molecule has 0 radical (unpaired) electrons. The third-order valence-corrected chi connectivity index (χ3v) is 3.16. The molecule has 1 aliphatic rings. The molecule has 5 nitrogen and oxygen atoms in total. The van der Waals surface area contributed by atoms with Crippen molar-refractivity contribution in [3.63, 3.8) is 0 Å². The van der Waals surface area contributed by atoms with Gasteiger partial charge in [-0.1, -0.05) is 12.1 Å². The maximum Gasteiger partial charge on any atom is 0.242 e. The Balaban J connectivity index is 2.20. The Labute approximate surface area is 106 Å². The van der Waals surface area contributed by atoms with E-state index < -0.39 is 12.1 Å². The SMILES string of the molecule is CC(O)c1ccc(N2CCOCC2C(N)=O)cc1. The minimum atomic E-state index is -0.490. The number of hydrogen-bond donors (Lipinski definition) is 2. The Morgan fingerprint density at radius 3 is 2.72 bits per heavy atom. The Bertz CT molecular complexity index is 417. The number of primary amides is 1. The minimum absolute atomic E-state index is 0.327. The van der Waals surface area contributed by atoms with E-state index in [-0.39, 0.29) is 5.91 Å². The summed E-state index contributed by atoms with van der Waals surface area (Å²) in [5.74, 6) is -0.380. The number of carbonyl (C=O) groups excluding carboxylic acids is 1. The Morgan fingerprint density at radius 2 is 2.17 bits per heavy atom. The maximum absolute atomic E-state index is 11.4. The molecule has 18 heavy (non-hydrogen) atoms. The van der Waals surface area contributed by atoms with Crippen LogP contribution in [0.3, 0.4) is 0 Å². The summed E-state index contributed by atoms with van der Waals surface area (Å²) in [6.07, 6.45) is -0.490. The van der Waals surface area contributed by atoms with Crippen LogP contribution < -0.4 is 10.6 Å². The lowest BCUT2D eigenvalue weighted by molar-refractivity contribution is -0.121. The number of aliphatic hydroxyl groups is 1. The molecule has 2 rings (SSSR count). The van der Waals surface area contributed by atoms with Crippen LogP contribution in [0.1, 0.15) is 18.6 Å². The highest BCUT2D eigenvalue weighted by Gasteiger charge is 2.27. The van der Waals surface area contributed by atoms with Crippen molar-refractivity contribution in [3.05, 3.63) is 29.8 Å². The number of hydrogen-bond acceptors (Lipinski definition) is 4. The van der Waals surface area contributed by atoms with E-state index in [1.165, 1.54) is 0 Å². The standard InChI is InChI=1S/C13H18N2O3/c1-9(16)10-2-4-11(5-3-10)15-6-7-18-8-12(15)13(14)17/h2-5,9,12,16H,6-8H2,1H3,(H2,14,17). The molecule has 0 aromatic heterocycles. The van der Waals surface area contributed by atoms with Gasteiger partial charge in [0, 0.05) is 12.2 Å². The molecule has 0 aliphatic carbocycles. The van der Waals surface area contributed by atoms with Gasteiger partial charge in [-0.2, -0.15) is 0 Å². The van der Waals surface area contributed by atoms with Gasteiger partial charge in [0.05, 0.1) is 19.3 Å². The van der Waals surface area contributed by atoms with Crippen molar-refractivity contribution in [2.75, 3.05) is 24.7 Å². The maximum atomic E-state index is 11.4. The number of morpholine rings is 1. The zero-order valence-corrected chi connectivity index (χ0v) is 10.4. The molecule has 0 bridgehead atoms. The third-order valence-electron chi connectivity index (χ3n) is 3.16. The summed E-state index contributed by atoms with van der Waals surface area (Å²) in [4.78, 5) is 13.3. The van der Waals surface area contributed by atoms with Gasteiger partial charge < -0.3 is 20.5 Å². The largest absolute Gasteiger partial charge is 0.389 e. The molecule has 5 heteroatoms. The number of anilines is 1. The normalized spacial score (nSPS) is 21.7. The predicted molar refractivity (Wildman–Crippen MR) is 68.2 cm³/mol. The van der Waals surface area contributed by atoms with Crippen LogP contribution in [0.15, 0.2) is 24.3 Å². The van der Waals surface area contributed by atoms with E-state index in [2.05, 4.69) is 0 Å². The third kappa shape index (κ3) is 2.63.